The molecule has 1 N–H and O–H groups in total. The molecule has 0 radical (unpaired) electrons. The van der Waals surface area contributed by atoms with Crippen LogP contribution >= 0.6 is 0 Å². The molecule has 0 aliphatic heterocycles. The van der Waals surface area contributed by atoms with Gasteiger partial charge in [-0.15, -0.1) is 0 Å². The summed E-state index contributed by atoms with van der Waals surface area (Å²) in [5, 5.41) is 9.92. The van der Waals surface area contributed by atoms with Gasteiger partial charge in [0.15, 0.2) is 17.5 Å². The Balaban J connectivity index is 2.45. The van der Waals surface area contributed by atoms with Crippen LogP contribution in [-0.4, -0.2) is 9.67 Å². The number of aliphatic hydroxyl groups excluding tert-OH is 1. The summed E-state index contributed by atoms with van der Waals surface area (Å²) in [7, 11) is 1.69. The van der Waals surface area contributed by atoms with Gasteiger partial charge in [0, 0.05) is 13.2 Å². The van der Waals surface area contributed by atoms with Gasteiger partial charge in [-0.05, 0) is 29.8 Å². The maximum atomic E-state index is 13.0. The largest absolute Gasteiger partial charge is 0.382 e. The Hall–Kier alpha value is -1.75. The molecule has 2 nitrogen and oxygen atoms in total. The fourth-order valence-electron chi connectivity index (χ4n) is 1.66. The van der Waals surface area contributed by atoms with Gasteiger partial charge >= 0.3 is 0 Å². The third-order valence-corrected chi connectivity index (χ3v) is 2.59. The van der Waals surface area contributed by atoms with Crippen molar-refractivity contribution in [1.29, 1.82) is 0 Å². The second-order valence-electron chi connectivity index (χ2n) is 3.75. The predicted molar refractivity (Wildman–Crippen MR) is 55.8 cm³/mol. The molecule has 0 unspecified atom stereocenters. The fraction of sp³-hybridized carbons (Fsp3) is 0.167. The van der Waals surface area contributed by atoms with Crippen molar-refractivity contribution in [1.82, 2.24) is 4.57 Å². The normalized spacial score (nSPS) is 12.8. The van der Waals surface area contributed by atoms with Crippen molar-refractivity contribution in [2.24, 2.45) is 7.05 Å². The van der Waals surface area contributed by atoms with Crippen LogP contribution in [0.3, 0.4) is 0 Å². The lowest BCUT2D eigenvalue weighted by Gasteiger charge is -2.13. The van der Waals surface area contributed by atoms with E-state index in [4.69, 9.17) is 0 Å². The van der Waals surface area contributed by atoms with Crippen molar-refractivity contribution in [3.8, 4) is 0 Å². The van der Waals surface area contributed by atoms with Crippen LogP contribution in [0.5, 0.6) is 0 Å². The molecule has 17 heavy (non-hydrogen) atoms. The van der Waals surface area contributed by atoms with Crippen LogP contribution in [0.4, 0.5) is 13.2 Å². The second-order valence-corrected chi connectivity index (χ2v) is 3.75. The topological polar surface area (TPSA) is 25.2 Å². The Kier molecular flexibility index (Phi) is 2.93. The van der Waals surface area contributed by atoms with E-state index in [1.54, 1.807) is 29.9 Å². The minimum atomic E-state index is -1.53. The van der Waals surface area contributed by atoms with Crippen LogP contribution in [-0.2, 0) is 7.05 Å². The molecule has 2 rings (SSSR count). The summed E-state index contributed by atoms with van der Waals surface area (Å²) >= 11 is 0. The smallest absolute Gasteiger partial charge is 0.194 e. The molecule has 90 valence electrons. The third kappa shape index (κ3) is 2.06. The van der Waals surface area contributed by atoms with Crippen LogP contribution < -0.4 is 0 Å². The molecule has 0 spiro atoms. The van der Waals surface area contributed by atoms with E-state index in [1.165, 1.54) is 0 Å². The van der Waals surface area contributed by atoms with Gasteiger partial charge in [-0.1, -0.05) is 0 Å². The number of aryl methyl sites for hydroxylation is 1. The number of benzene rings is 1. The molecular formula is C12H10F3NO. The zero-order chi connectivity index (χ0) is 12.6. The molecule has 0 amide bonds. The lowest BCUT2D eigenvalue weighted by atomic mass is 10.1. The first-order valence-corrected chi connectivity index (χ1v) is 4.94. The number of nitrogens with zero attached hydrogens (tertiary/aromatic N) is 1. The molecule has 0 saturated heterocycles. The Bertz CT molecular complexity index is 527. The number of hydrogen-bond donors (Lipinski definition) is 1. The van der Waals surface area contributed by atoms with Gasteiger partial charge in [0.05, 0.1) is 5.69 Å². The lowest BCUT2D eigenvalue weighted by Crippen LogP contribution is -2.07. The summed E-state index contributed by atoms with van der Waals surface area (Å²) in [6.45, 7) is 0. The van der Waals surface area contributed by atoms with Crippen molar-refractivity contribution < 1.29 is 18.3 Å². The molecule has 0 saturated carbocycles. The van der Waals surface area contributed by atoms with Crippen molar-refractivity contribution >= 4 is 0 Å². The van der Waals surface area contributed by atoms with E-state index in [0.29, 0.717) is 5.69 Å². The Morgan fingerprint density at radius 1 is 1.18 bits per heavy atom. The summed E-state index contributed by atoms with van der Waals surface area (Å²) in [6, 6.07) is 4.88. The molecule has 1 aromatic heterocycles. The van der Waals surface area contributed by atoms with Crippen molar-refractivity contribution in [2.75, 3.05) is 0 Å². The van der Waals surface area contributed by atoms with Crippen molar-refractivity contribution in [3.63, 3.8) is 0 Å². The molecule has 0 aliphatic carbocycles. The summed E-state index contributed by atoms with van der Waals surface area (Å²) in [5.41, 5.74) is 0.443. The van der Waals surface area contributed by atoms with Crippen LogP contribution in [0.1, 0.15) is 17.4 Å². The Morgan fingerprint density at radius 3 is 2.24 bits per heavy atom. The number of hydrogen-bond acceptors (Lipinski definition) is 1. The first-order valence-electron chi connectivity index (χ1n) is 4.94. The molecule has 1 aromatic carbocycles. The molecule has 1 atom stereocenters. The van der Waals surface area contributed by atoms with Crippen LogP contribution in [0.25, 0.3) is 0 Å². The zero-order valence-corrected chi connectivity index (χ0v) is 8.99. The Labute approximate surface area is 95.9 Å². The van der Waals surface area contributed by atoms with E-state index in [0.717, 1.165) is 12.1 Å². The molecule has 1 heterocycles. The third-order valence-electron chi connectivity index (χ3n) is 2.59. The zero-order valence-electron chi connectivity index (χ0n) is 8.99. The van der Waals surface area contributed by atoms with E-state index in [9.17, 15) is 18.3 Å². The average molecular weight is 241 g/mol. The molecule has 0 bridgehead atoms. The highest BCUT2D eigenvalue weighted by atomic mass is 19.2. The van der Waals surface area contributed by atoms with Crippen LogP contribution in [0.2, 0.25) is 0 Å². The second kappa shape index (κ2) is 4.25. The van der Waals surface area contributed by atoms with Gasteiger partial charge in [-0.25, -0.2) is 13.2 Å². The van der Waals surface area contributed by atoms with E-state index in [2.05, 4.69) is 0 Å². The molecule has 5 heteroatoms. The fourth-order valence-corrected chi connectivity index (χ4v) is 1.66. The SMILES string of the molecule is Cn1cccc1[C@@H](O)c1cc(F)c(F)c(F)c1. The number of rotatable bonds is 2. The minimum Gasteiger partial charge on any atom is -0.382 e. The lowest BCUT2D eigenvalue weighted by molar-refractivity contribution is 0.210. The van der Waals surface area contributed by atoms with Crippen molar-refractivity contribution in [3.05, 3.63) is 59.2 Å². The van der Waals surface area contributed by atoms with Gasteiger partial charge < -0.3 is 9.67 Å². The molecule has 0 fully saturated rings. The number of aliphatic hydroxyl groups is 1. The molecule has 2 aromatic rings. The maximum absolute atomic E-state index is 13.0. The summed E-state index contributed by atoms with van der Waals surface area (Å²) in [5.74, 6) is -4.16. The van der Waals surface area contributed by atoms with Gasteiger partial charge in [0.25, 0.3) is 0 Å². The van der Waals surface area contributed by atoms with E-state index >= 15 is 0 Å². The van der Waals surface area contributed by atoms with Gasteiger partial charge in [0.2, 0.25) is 0 Å². The van der Waals surface area contributed by atoms with Crippen molar-refractivity contribution in [2.45, 2.75) is 6.10 Å². The summed E-state index contributed by atoms with van der Waals surface area (Å²) < 4.78 is 40.4. The first kappa shape index (κ1) is 11.7. The van der Waals surface area contributed by atoms with Crippen LogP contribution in [0, 0.1) is 17.5 Å². The first-order chi connectivity index (χ1) is 8.00. The van der Waals surface area contributed by atoms with E-state index < -0.39 is 23.6 Å². The predicted octanol–water partition coefficient (Wildman–Crippen LogP) is 2.52. The van der Waals surface area contributed by atoms with Crippen LogP contribution in [0.15, 0.2) is 30.5 Å². The van der Waals surface area contributed by atoms with Gasteiger partial charge in [-0.3, -0.25) is 0 Å². The van der Waals surface area contributed by atoms with Gasteiger partial charge in [0.1, 0.15) is 6.10 Å². The summed E-state index contributed by atoms with van der Waals surface area (Å²) in [6.07, 6.45) is 0.494. The maximum Gasteiger partial charge on any atom is 0.194 e. The monoisotopic (exact) mass is 241 g/mol. The Morgan fingerprint density at radius 2 is 1.76 bits per heavy atom. The minimum absolute atomic E-state index is 0.0248. The highest BCUT2D eigenvalue weighted by Gasteiger charge is 2.18. The highest BCUT2D eigenvalue weighted by molar-refractivity contribution is 5.28. The number of halogens is 3. The standard InChI is InChI=1S/C12H10F3NO/c1-16-4-2-3-10(16)12(17)7-5-8(13)11(15)9(14)6-7/h2-6,12,17H,1H3/t12-/m0/s1. The molecular weight excluding hydrogens is 231 g/mol. The average Bonchev–Trinajstić information content (AvgIpc) is 2.70. The van der Waals surface area contributed by atoms with Gasteiger partial charge in [-0.2, -0.15) is 0 Å². The summed E-state index contributed by atoms with van der Waals surface area (Å²) in [4.78, 5) is 0. The highest BCUT2D eigenvalue weighted by Crippen LogP contribution is 2.24. The quantitative estimate of drug-likeness (QED) is 0.803. The van der Waals surface area contributed by atoms with E-state index in [1.807, 2.05) is 0 Å². The number of aromatic nitrogens is 1. The molecule has 0 aliphatic rings. The van der Waals surface area contributed by atoms with E-state index in [-0.39, 0.29) is 5.56 Å².